The smallest absolute Gasteiger partial charge is 0.271 e. The molecule has 1 aromatic heterocycles. The van der Waals surface area contributed by atoms with Crippen LogP contribution in [0, 0.1) is 23.7 Å². The van der Waals surface area contributed by atoms with Gasteiger partial charge in [-0.25, -0.2) is 4.98 Å². The number of nitrogens with one attached hydrogen (secondary N) is 1. The molecular weight excluding hydrogens is 258 g/mol. The van der Waals surface area contributed by atoms with Crippen LogP contribution in [0.15, 0.2) is 29.6 Å². The van der Waals surface area contributed by atoms with E-state index in [0.29, 0.717) is 22.8 Å². The van der Waals surface area contributed by atoms with Gasteiger partial charge in [-0.3, -0.25) is 4.79 Å². The normalized spacial score (nSPS) is 9.37. The second-order valence-electron chi connectivity index (χ2n) is 3.68. The molecule has 0 radical (unpaired) electrons. The van der Waals surface area contributed by atoms with E-state index in [2.05, 4.69) is 22.3 Å². The number of amides is 1. The zero-order chi connectivity index (χ0) is 13.7. The number of thiazole rings is 1. The van der Waals surface area contributed by atoms with Crippen LogP contribution in [0.4, 0.5) is 0 Å². The molecule has 1 N–H and O–H groups in total. The van der Waals surface area contributed by atoms with Crippen molar-refractivity contribution in [2.24, 2.45) is 0 Å². The van der Waals surface area contributed by atoms with Gasteiger partial charge in [0.15, 0.2) is 5.01 Å². The molecule has 1 heterocycles. The number of hydrogen-bond donors (Lipinski definition) is 1. The van der Waals surface area contributed by atoms with Gasteiger partial charge in [0.2, 0.25) is 0 Å². The van der Waals surface area contributed by atoms with Crippen LogP contribution >= 0.6 is 11.3 Å². The minimum atomic E-state index is -0.278. The number of nitrogens with zero attached hydrogens (tertiary/aromatic N) is 2. The van der Waals surface area contributed by atoms with Crippen molar-refractivity contribution >= 4 is 17.2 Å². The molecule has 0 fully saturated rings. The Morgan fingerprint density at radius 2 is 2.37 bits per heavy atom. The van der Waals surface area contributed by atoms with Crippen molar-refractivity contribution in [3.8, 4) is 18.4 Å². The summed E-state index contributed by atoms with van der Waals surface area (Å²) in [6.45, 7) is 0.345. The Kier molecular flexibility index (Phi) is 3.92. The fraction of sp³-hybridized carbons (Fsp3) is 0.0714. The molecule has 0 saturated carbocycles. The molecule has 0 unspecified atom stereocenters. The highest BCUT2D eigenvalue weighted by Gasteiger charge is 2.09. The van der Waals surface area contributed by atoms with E-state index in [4.69, 9.17) is 11.7 Å². The first-order chi connectivity index (χ1) is 9.22. The average molecular weight is 267 g/mol. The quantitative estimate of drug-likeness (QED) is 0.864. The Morgan fingerprint density at radius 3 is 3.05 bits per heavy atom. The summed E-state index contributed by atoms with van der Waals surface area (Å²) in [5.41, 5.74) is 1.74. The third-order valence-electron chi connectivity index (χ3n) is 2.37. The standard InChI is InChI=1S/C14H9N3OS/c1-2-13-17-12(9-19-13)14(18)16-8-11-5-3-4-10(6-11)7-15/h1,3-6,9H,8H2,(H,16,18). The third kappa shape index (κ3) is 3.19. The van der Waals surface area contributed by atoms with Crippen LogP contribution in [-0.4, -0.2) is 10.9 Å². The molecule has 0 aliphatic rings. The van der Waals surface area contributed by atoms with Crippen LogP contribution in [-0.2, 0) is 6.54 Å². The molecular formula is C14H9N3OS. The molecule has 1 amide bonds. The first-order valence-electron chi connectivity index (χ1n) is 5.42. The number of aromatic nitrogens is 1. The molecule has 0 aliphatic carbocycles. The maximum atomic E-state index is 11.8. The lowest BCUT2D eigenvalue weighted by Crippen LogP contribution is -2.23. The largest absolute Gasteiger partial charge is 0.347 e. The van der Waals surface area contributed by atoms with Gasteiger partial charge in [-0.1, -0.05) is 12.1 Å². The number of nitriles is 1. The molecule has 0 spiro atoms. The maximum absolute atomic E-state index is 11.8. The molecule has 0 saturated heterocycles. The molecule has 0 bridgehead atoms. The van der Waals surface area contributed by atoms with Gasteiger partial charge in [-0.05, 0) is 23.6 Å². The number of benzene rings is 1. The molecule has 0 atom stereocenters. The molecule has 5 heteroatoms. The number of hydrogen-bond acceptors (Lipinski definition) is 4. The van der Waals surface area contributed by atoms with Crippen molar-refractivity contribution in [1.82, 2.24) is 10.3 Å². The van der Waals surface area contributed by atoms with Gasteiger partial charge in [-0.2, -0.15) is 5.26 Å². The van der Waals surface area contributed by atoms with E-state index in [1.165, 1.54) is 11.3 Å². The lowest BCUT2D eigenvalue weighted by Gasteiger charge is -2.03. The Bertz CT molecular complexity index is 691. The van der Waals surface area contributed by atoms with E-state index in [9.17, 15) is 4.79 Å². The highest BCUT2D eigenvalue weighted by molar-refractivity contribution is 7.10. The van der Waals surface area contributed by atoms with Gasteiger partial charge < -0.3 is 5.32 Å². The van der Waals surface area contributed by atoms with Crippen LogP contribution < -0.4 is 5.32 Å². The van der Waals surface area contributed by atoms with Crippen LogP contribution in [0.3, 0.4) is 0 Å². The van der Waals surface area contributed by atoms with Gasteiger partial charge in [0.1, 0.15) is 5.69 Å². The summed E-state index contributed by atoms with van der Waals surface area (Å²) in [6.07, 6.45) is 5.20. The average Bonchev–Trinajstić information content (AvgIpc) is 2.94. The van der Waals surface area contributed by atoms with Crippen molar-refractivity contribution in [2.45, 2.75) is 6.54 Å². The number of carbonyl (C=O) groups is 1. The lowest BCUT2D eigenvalue weighted by molar-refractivity contribution is 0.0946. The van der Waals surface area contributed by atoms with Crippen LogP contribution in [0.1, 0.15) is 26.6 Å². The Morgan fingerprint density at radius 1 is 1.53 bits per heavy atom. The molecule has 92 valence electrons. The van der Waals surface area contributed by atoms with E-state index in [1.54, 1.807) is 23.6 Å². The Hall–Kier alpha value is -2.63. The second-order valence-corrected chi connectivity index (χ2v) is 4.54. The lowest BCUT2D eigenvalue weighted by atomic mass is 10.1. The minimum Gasteiger partial charge on any atom is -0.347 e. The summed E-state index contributed by atoms with van der Waals surface area (Å²) in [5.74, 6) is 2.10. The molecule has 1 aromatic carbocycles. The zero-order valence-corrected chi connectivity index (χ0v) is 10.7. The van der Waals surface area contributed by atoms with E-state index >= 15 is 0 Å². The summed E-state index contributed by atoms with van der Waals surface area (Å²) < 4.78 is 0. The van der Waals surface area contributed by atoms with E-state index in [-0.39, 0.29) is 5.91 Å². The van der Waals surface area contributed by atoms with E-state index < -0.39 is 0 Å². The first-order valence-corrected chi connectivity index (χ1v) is 6.30. The van der Waals surface area contributed by atoms with Crippen molar-refractivity contribution in [2.75, 3.05) is 0 Å². The van der Waals surface area contributed by atoms with Crippen molar-refractivity contribution in [3.05, 3.63) is 51.5 Å². The monoisotopic (exact) mass is 267 g/mol. The van der Waals surface area contributed by atoms with Crippen LogP contribution in [0.5, 0.6) is 0 Å². The molecule has 19 heavy (non-hydrogen) atoms. The van der Waals surface area contributed by atoms with Gasteiger partial charge in [0, 0.05) is 11.9 Å². The number of terminal acetylenes is 1. The third-order valence-corrected chi connectivity index (χ3v) is 3.14. The van der Waals surface area contributed by atoms with Crippen molar-refractivity contribution in [3.63, 3.8) is 0 Å². The Balaban J connectivity index is 2.00. The topological polar surface area (TPSA) is 65.8 Å². The van der Waals surface area contributed by atoms with E-state index in [0.717, 1.165) is 5.56 Å². The van der Waals surface area contributed by atoms with Crippen LogP contribution in [0.2, 0.25) is 0 Å². The molecule has 2 rings (SSSR count). The van der Waals surface area contributed by atoms with Crippen LogP contribution in [0.25, 0.3) is 0 Å². The van der Waals surface area contributed by atoms with Crippen molar-refractivity contribution in [1.29, 1.82) is 5.26 Å². The van der Waals surface area contributed by atoms with Gasteiger partial charge in [-0.15, -0.1) is 17.8 Å². The predicted molar refractivity (Wildman–Crippen MR) is 72.4 cm³/mol. The Labute approximate surface area is 114 Å². The fourth-order valence-corrected chi connectivity index (χ4v) is 2.07. The number of carbonyl (C=O) groups excluding carboxylic acids is 1. The van der Waals surface area contributed by atoms with E-state index in [1.807, 2.05) is 6.07 Å². The van der Waals surface area contributed by atoms with Gasteiger partial charge in [0.25, 0.3) is 5.91 Å². The number of rotatable bonds is 3. The minimum absolute atomic E-state index is 0.278. The molecule has 0 aliphatic heterocycles. The predicted octanol–water partition coefficient (Wildman–Crippen LogP) is 1.93. The SMILES string of the molecule is C#Cc1nc(C(=O)NCc2cccc(C#N)c2)cs1. The summed E-state index contributed by atoms with van der Waals surface area (Å²) in [5, 5.41) is 13.6. The molecule has 4 nitrogen and oxygen atoms in total. The summed E-state index contributed by atoms with van der Waals surface area (Å²) in [7, 11) is 0. The summed E-state index contributed by atoms with van der Waals surface area (Å²) in [4.78, 5) is 15.8. The maximum Gasteiger partial charge on any atom is 0.271 e. The van der Waals surface area contributed by atoms with Crippen molar-refractivity contribution < 1.29 is 4.79 Å². The second kappa shape index (κ2) is 5.81. The summed E-state index contributed by atoms with van der Waals surface area (Å²) >= 11 is 1.25. The fourth-order valence-electron chi connectivity index (χ4n) is 1.47. The van der Waals surface area contributed by atoms with Gasteiger partial charge in [0.05, 0.1) is 11.6 Å². The highest BCUT2D eigenvalue weighted by Crippen LogP contribution is 2.09. The highest BCUT2D eigenvalue weighted by atomic mass is 32.1. The van der Waals surface area contributed by atoms with Gasteiger partial charge >= 0.3 is 0 Å². The first kappa shape index (κ1) is 12.8. The summed E-state index contributed by atoms with van der Waals surface area (Å²) in [6, 6.07) is 9.12. The molecule has 2 aromatic rings. The zero-order valence-electron chi connectivity index (χ0n) is 9.88.